The second-order valence-corrected chi connectivity index (χ2v) is 5.63. The average molecular weight is 389 g/mol. The zero-order chi connectivity index (χ0) is 20.3. The molecule has 1 aromatic heterocycles. The number of nitrogens with zero attached hydrogens (tertiary/aromatic N) is 1. The largest absolute Gasteiger partial charge is 0.306 e. The van der Waals surface area contributed by atoms with Gasteiger partial charge < -0.3 is 10.6 Å². The van der Waals surface area contributed by atoms with Crippen molar-refractivity contribution in [1.82, 2.24) is 4.98 Å². The predicted molar refractivity (Wildman–Crippen MR) is 92.9 cm³/mol. The maximum absolute atomic E-state index is 13.2. The molecule has 142 valence electrons. The van der Waals surface area contributed by atoms with E-state index >= 15 is 0 Å². The van der Waals surface area contributed by atoms with Gasteiger partial charge in [-0.3, -0.25) is 9.59 Å². The van der Waals surface area contributed by atoms with Crippen LogP contribution in [0.2, 0.25) is 0 Å². The number of hydrogen-bond donors (Lipinski definition) is 2. The van der Waals surface area contributed by atoms with Gasteiger partial charge >= 0.3 is 0 Å². The smallest absolute Gasteiger partial charge is 0.257 e. The van der Waals surface area contributed by atoms with Gasteiger partial charge in [0.1, 0.15) is 34.9 Å². The maximum Gasteiger partial charge on any atom is 0.257 e. The van der Waals surface area contributed by atoms with Crippen LogP contribution in [0.1, 0.15) is 20.7 Å². The first-order chi connectivity index (χ1) is 13.3. The van der Waals surface area contributed by atoms with Gasteiger partial charge in [0, 0.05) is 23.3 Å². The number of amides is 2. The minimum absolute atomic E-state index is 0.0158. The van der Waals surface area contributed by atoms with Crippen LogP contribution < -0.4 is 10.6 Å². The summed E-state index contributed by atoms with van der Waals surface area (Å²) in [7, 11) is 0. The Morgan fingerprint density at radius 1 is 0.643 bits per heavy atom. The number of anilines is 2. The van der Waals surface area contributed by atoms with Crippen LogP contribution in [0.4, 0.5) is 29.2 Å². The Hall–Kier alpha value is -3.75. The van der Waals surface area contributed by atoms with Crippen molar-refractivity contribution in [2.75, 3.05) is 10.6 Å². The average Bonchev–Trinajstić information content (AvgIpc) is 2.60. The Balaban J connectivity index is 1.75. The molecule has 1 heterocycles. The van der Waals surface area contributed by atoms with E-state index < -0.39 is 35.1 Å². The van der Waals surface area contributed by atoms with Crippen LogP contribution >= 0.6 is 0 Å². The van der Waals surface area contributed by atoms with E-state index in [2.05, 4.69) is 15.6 Å². The topological polar surface area (TPSA) is 71.1 Å². The summed E-state index contributed by atoms with van der Waals surface area (Å²) in [5, 5.41) is 4.66. The number of aromatic nitrogens is 1. The molecule has 0 saturated heterocycles. The van der Waals surface area contributed by atoms with E-state index in [0.29, 0.717) is 12.1 Å². The molecule has 0 spiro atoms. The van der Waals surface area contributed by atoms with Gasteiger partial charge in [-0.25, -0.2) is 22.5 Å². The number of benzene rings is 2. The van der Waals surface area contributed by atoms with Crippen molar-refractivity contribution >= 4 is 23.5 Å². The van der Waals surface area contributed by atoms with Gasteiger partial charge in [0.05, 0.1) is 0 Å². The molecule has 0 atom stereocenters. The van der Waals surface area contributed by atoms with E-state index in [1.165, 1.54) is 18.2 Å². The van der Waals surface area contributed by atoms with Gasteiger partial charge in [0.25, 0.3) is 11.8 Å². The summed E-state index contributed by atoms with van der Waals surface area (Å²) in [5.41, 5.74) is -0.520. The third-order valence-corrected chi connectivity index (χ3v) is 3.48. The Bertz CT molecular complexity index is 952. The van der Waals surface area contributed by atoms with Crippen LogP contribution in [0.25, 0.3) is 0 Å². The minimum Gasteiger partial charge on any atom is -0.306 e. The maximum atomic E-state index is 13.2. The molecule has 28 heavy (non-hydrogen) atoms. The van der Waals surface area contributed by atoms with Crippen LogP contribution in [0.15, 0.2) is 54.6 Å². The van der Waals surface area contributed by atoms with Crippen LogP contribution in [-0.2, 0) is 0 Å². The van der Waals surface area contributed by atoms with Crippen LogP contribution in [0.5, 0.6) is 0 Å². The van der Waals surface area contributed by atoms with E-state index in [-0.39, 0.29) is 22.8 Å². The third kappa shape index (κ3) is 4.70. The molecule has 0 aliphatic carbocycles. The highest BCUT2D eigenvalue weighted by molar-refractivity contribution is 6.05. The third-order valence-electron chi connectivity index (χ3n) is 3.48. The molecule has 0 aliphatic rings. The summed E-state index contributed by atoms with van der Waals surface area (Å²) >= 11 is 0. The summed E-state index contributed by atoms with van der Waals surface area (Å²) in [6.45, 7) is 0. The summed E-state index contributed by atoms with van der Waals surface area (Å²) in [5.74, 6) is -5.33. The van der Waals surface area contributed by atoms with Crippen LogP contribution in [0.3, 0.4) is 0 Å². The Morgan fingerprint density at radius 2 is 1.00 bits per heavy atom. The Labute approximate surface area is 156 Å². The zero-order valence-electron chi connectivity index (χ0n) is 14.0. The molecule has 0 aliphatic heterocycles. The molecular formula is C19H11F4N3O2. The van der Waals surface area contributed by atoms with Gasteiger partial charge in [-0.2, -0.15) is 0 Å². The molecule has 5 nitrogen and oxygen atoms in total. The molecular weight excluding hydrogens is 378 g/mol. The van der Waals surface area contributed by atoms with Crippen molar-refractivity contribution in [2.45, 2.75) is 0 Å². The molecule has 3 aromatic rings. The normalized spacial score (nSPS) is 10.4. The van der Waals surface area contributed by atoms with E-state index in [4.69, 9.17) is 0 Å². The fourth-order valence-corrected chi connectivity index (χ4v) is 2.32. The minimum atomic E-state index is -0.915. The van der Waals surface area contributed by atoms with Gasteiger partial charge in [0.2, 0.25) is 0 Å². The lowest BCUT2D eigenvalue weighted by Gasteiger charge is -2.08. The van der Waals surface area contributed by atoms with E-state index in [9.17, 15) is 27.2 Å². The van der Waals surface area contributed by atoms with Crippen molar-refractivity contribution in [3.05, 3.63) is 89.0 Å². The second-order valence-electron chi connectivity index (χ2n) is 5.63. The first-order valence-electron chi connectivity index (χ1n) is 7.82. The van der Waals surface area contributed by atoms with Crippen molar-refractivity contribution in [3.63, 3.8) is 0 Å². The number of carbonyl (C=O) groups is 2. The second kappa shape index (κ2) is 7.87. The lowest BCUT2D eigenvalue weighted by Crippen LogP contribution is -2.16. The molecule has 0 unspecified atom stereocenters. The Kier molecular flexibility index (Phi) is 5.35. The number of halogens is 4. The van der Waals surface area contributed by atoms with Crippen molar-refractivity contribution < 1.29 is 27.2 Å². The molecule has 2 N–H and O–H groups in total. The van der Waals surface area contributed by atoms with Gasteiger partial charge in [0.15, 0.2) is 0 Å². The van der Waals surface area contributed by atoms with E-state index in [0.717, 1.165) is 24.3 Å². The monoisotopic (exact) mass is 389 g/mol. The molecule has 0 saturated carbocycles. The number of nitrogens with one attached hydrogen (secondary N) is 2. The first kappa shape index (κ1) is 19.0. The van der Waals surface area contributed by atoms with Gasteiger partial charge in [-0.1, -0.05) is 6.07 Å². The standard InChI is InChI=1S/C19H11F4N3O2/c20-12-4-10(5-13(21)8-12)18(27)25-16-2-1-3-17(24-16)26-19(28)11-6-14(22)9-15(23)7-11/h1-9H,(H2,24,25,26,27,28). The molecule has 2 amide bonds. The Morgan fingerprint density at radius 3 is 1.36 bits per heavy atom. The highest BCUT2D eigenvalue weighted by Gasteiger charge is 2.13. The van der Waals surface area contributed by atoms with Gasteiger partial charge in [-0.15, -0.1) is 0 Å². The number of carbonyl (C=O) groups excluding carboxylic acids is 2. The summed E-state index contributed by atoms with van der Waals surface area (Å²) < 4.78 is 52.9. The fourth-order valence-electron chi connectivity index (χ4n) is 2.32. The summed E-state index contributed by atoms with van der Waals surface area (Å²) in [6.07, 6.45) is 0. The molecule has 0 fully saturated rings. The quantitative estimate of drug-likeness (QED) is 0.659. The molecule has 0 radical (unpaired) electrons. The molecule has 2 aromatic carbocycles. The van der Waals surface area contributed by atoms with Crippen LogP contribution in [0, 0.1) is 23.3 Å². The fraction of sp³-hybridized carbons (Fsp3) is 0. The number of rotatable bonds is 4. The van der Waals surface area contributed by atoms with Crippen LogP contribution in [-0.4, -0.2) is 16.8 Å². The lowest BCUT2D eigenvalue weighted by molar-refractivity contribution is 0.101. The first-order valence-corrected chi connectivity index (χ1v) is 7.82. The van der Waals surface area contributed by atoms with Crippen molar-refractivity contribution in [2.24, 2.45) is 0 Å². The van der Waals surface area contributed by atoms with E-state index in [1.807, 2.05) is 0 Å². The summed E-state index contributed by atoms with van der Waals surface area (Å²) in [6, 6.07) is 8.85. The lowest BCUT2D eigenvalue weighted by atomic mass is 10.2. The highest BCUT2D eigenvalue weighted by atomic mass is 19.1. The number of hydrogen-bond acceptors (Lipinski definition) is 3. The molecule has 0 bridgehead atoms. The zero-order valence-corrected chi connectivity index (χ0v) is 14.0. The molecule has 9 heteroatoms. The van der Waals surface area contributed by atoms with Crippen molar-refractivity contribution in [1.29, 1.82) is 0 Å². The number of pyridine rings is 1. The molecule has 3 rings (SSSR count). The van der Waals surface area contributed by atoms with Gasteiger partial charge in [-0.05, 0) is 36.4 Å². The van der Waals surface area contributed by atoms with E-state index in [1.54, 1.807) is 0 Å². The summed E-state index contributed by atoms with van der Waals surface area (Å²) in [4.78, 5) is 28.1. The predicted octanol–water partition coefficient (Wildman–Crippen LogP) is 4.14. The van der Waals surface area contributed by atoms with Crippen molar-refractivity contribution in [3.8, 4) is 0 Å². The highest BCUT2D eigenvalue weighted by Crippen LogP contribution is 2.15. The SMILES string of the molecule is O=C(Nc1cccc(NC(=O)c2cc(F)cc(F)c2)n1)c1cc(F)cc(F)c1.